The van der Waals surface area contributed by atoms with Crippen LogP contribution in [0.2, 0.25) is 0 Å². The van der Waals surface area contributed by atoms with Crippen molar-refractivity contribution in [1.29, 1.82) is 0 Å². The highest BCUT2D eigenvalue weighted by Crippen LogP contribution is 2.39. The van der Waals surface area contributed by atoms with E-state index in [-0.39, 0.29) is 30.9 Å². The van der Waals surface area contributed by atoms with Gasteiger partial charge in [0, 0.05) is 24.3 Å². The first kappa shape index (κ1) is 24.0. The fourth-order valence-corrected chi connectivity index (χ4v) is 4.51. The quantitative estimate of drug-likeness (QED) is 0.523. The standard InChI is InChI=1S/C27H35N3O4/c1-27(2,3)34-26(32)30(21-13-9-14-21)24-22(15-10-17-28-24)23-16-7-8-18-29(23)25(31)33-19-20-11-5-4-6-12-20/h4-6,10-12,15,17,21,23H,7-9,13-14,16,18-19H2,1-3H3/t23-/m1/s1. The smallest absolute Gasteiger partial charge is 0.416 e. The molecule has 1 atom stereocenters. The molecule has 1 saturated heterocycles. The number of aromatic nitrogens is 1. The van der Waals surface area contributed by atoms with Crippen molar-refractivity contribution >= 4 is 18.0 Å². The second-order valence-electron chi connectivity index (χ2n) is 10.1. The third-order valence-electron chi connectivity index (χ3n) is 6.38. The van der Waals surface area contributed by atoms with Gasteiger partial charge in [-0.05, 0) is 70.9 Å². The monoisotopic (exact) mass is 465 g/mol. The molecule has 2 heterocycles. The zero-order valence-corrected chi connectivity index (χ0v) is 20.4. The third-order valence-corrected chi connectivity index (χ3v) is 6.38. The third kappa shape index (κ3) is 5.69. The zero-order valence-electron chi connectivity index (χ0n) is 20.4. The van der Waals surface area contributed by atoms with Crippen molar-refractivity contribution in [1.82, 2.24) is 9.88 Å². The Kier molecular flexibility index (Phi) is 7.39. The zero-order chi connectivity index (χ0) is 24.1. The van der Waals surface area contributed by atoms with Crippen LogP contribution in [0.15, 0.2) is 48.7 Å². The van der Waals surface area contributed by atoms with Crippen LogP contribution >= 0.6 is 0 Å². The molecule has 0 N–H and O–H groups in total. The van der Waals surface area contributed by atoms with Gasteiger partial charge >= 0.3 is 12.2 Å². The molecule has 2 aliphatic rings. The van der Waals surface area contributed by atoms with Gasteiger partial charge in [-0.1, -0.05) is 36.4 Å². The summed E-state index contributed by atoms with van der Waals surface area (Å²) in [5.41, 5.74) is 1.22. The summed E-state index contributed by atoms with van der Waals surface area (Å²) in [5, 5.41) is 0. The number of ether oxygens (including phenoxy) is 2. The number of benzene rings is 1. The van der Waals surface area contributed by atoms with Crippen LogP contribution in [0.4, 0.5) is 15.4 Å². The summed E-state index contributed by atoms with van der Waals surface area (Å²) in [6.45, 7) is 6.45. The summed E-state index contributed by atoms with van der Waals surface area (Å²) >= 11 is 0. The van der Waals surface area contributed by atoms with Crippen LogP contribution in [0.5, 0.6) is 0 Å². The number of hydrogen-bond acceptors (Lipinski definition) is 5. The van der Waals surface area contributed by atoms with Gasteiger partial charge in [0.05, 0.1) is 6.04 Å². The highest BCUT2D eigenvalue weighted by atomic mass is 16.6. The summed E-state index contributed by atoms with van der Waals surface area (Å²) in [7, 11) is 0. The lowest BCUT2D eigenvalue weighted by Gasteiger charge is -2.41. The van der Waals surface area contributed by atoms with Gasteiger partial charge in [-0.2, -0.15) is 0 Å². The number of rotatable bonds is 5. The Bertz CT molecular complexity index is 985. The van der Waals surface area contributed by atoms with Gasteiger partial charge in [-0.3, -0.25) is 4.90 Å². The van der Waals surface area contributed by atoms with E-state index in [0.717, 1.165) is 49.7 Å². The van der Waals surface area contributed by atoms with Crippen LogP contribution < -0.4 is 4.90 Å². The molecule has 4 rings (SSSR count). The van der Waals surface area contributed by atoms with Crippen LogP contribution in [-0.4, -0.2) is 40.3 Å². The number of likely N-dealkylation sites (tertiary alicyclic amines) is 1. The topological polar surface area (TPSA) is 72.0 Å². The molecule has 0 radical (unpaired) electrons. The largest absolute Gasteiger partial charge is 0.445 e. The van der Waals surface area contributed by atoms with Crippen molar-refractivity contribution < 1.29 is 19.1 Å². The number of carbonyl (C=O) groups is 2. The summed E-state index contributed by atoms with van der Waals surface area (Å²) in [5.74, 6) is 0.592. The normalized spacial score (nSPS) is 18.7. The number of anilines is 1. The number of pyridine rings is 1. The average Bonchev–Trinajstić information content (AvgIpc) is 2.79. The van der Waals surface area contributed by atoms with Crippen LogP contribution in [0.1, 0.15) is 76.5 Å². The number of carbonyl (C=O) groups excluding carboxylic acids is 2. The molecule has 2 fully saturated rings. The molecule has 1 saturated carbocycles. The SMILES string of the molecule is CC(C)(C)OC(=O)N(c1ncccc1[C@H]1CCCCN1C(=O)OCc1ccccc1)C1CCC1. The predicted molar refractivity (Wildman–Crippen MR) is 131 cm³/mol. The van der Waals surface area contributed by atoms with Crippen molar-refractivity contribution in [3.05, 3.63) is 59.8 Å². The summed E-state index contributed by atoms with van der Waals surface area (Å²) in [6.07, 6.45) is 6.62. The molecule has 1 aromatic heterocycles. The molecule has 1 aliphatic carbocycles. The van der Waals surface area contributed by atoms with Gasteiger partial charge in [0.15, 0.2) is 0 Å². The molecule has 0 unspecified atom stereocenters. The molecular weight excluding hydrogens is 430 g/mol. The molecule has 1 aromatic carbocycles. The lowest BCUT2D eigenvalue weighted by atomic mass is 9.90. The minimum absolute atomic E-state index is 0.0607. The molecule has 34 heavy (non-hydrogen) atoms. The summed E-state index contributed by atoms with van der Waals surface area (Å²) in [4.78, 5) is 34.5. The van der Waals surface area contributed by atoms with Crippen molar-refractivity contribution in [2.24, 2.45) is 0 Å². The lowest BCUT2D eigenvalue weighted by molar-refractivity contribution is 0.0545. The molecule has 0 bridgehead atoms. The maximum atomic E-state index is 13.3. The van der Waals surface area contributed by atoms with Crippen molar-refractivity contribution in [3.8, 4) is 0 Å². The summed E-state index contributed by atoms with van der Waals surface area (Å²) < 4.78 is 11.4. The average molecular weight is 466 g/mol. The van der Waals surface area contributed by atoms with Crippen molar-refractivity contribution in [2.45, 2.75) is 83.6 Å². The summed E-state index contributed by atoms with van der Waals surface area (Å²) in [6, 6.07) is 13.4. The fraction of sp³-hybridized carbons (Fsp3) is 0.519. The van der Waals surface area contributed by atoms with Crippen LogP contribution in [-0.2, 0) is 16.1 Å². The fourth-order valence-electron chi connectivity index (χ4n) is 4.51. The second kappa shape index (κ2) is 10.5. The Hall–Kier alpha value is -3.09. The minimum atomic E-state index is -0.605. The number of nitrogens with zero attached hydrogens (tertiary/aromatic N) is 3. The van der Waals surface area contributed by atoms with Crippen molar-refractivity contribution in [3.63, 3.8) is 0 Å². The molecule has 0 spiro atoms. The number of amides is 2. The van der Waals surface area contributed by atoms with Crippen molar-refractivity contribution in [2.75, 3.05) is 11.4 Å². The van der Waals surface area contributed by atoms with Gasteiger partial charge in [0.1, 0.15) is 18.0 Å². The Morgan fingerprint density at radius 2 is 1.79 bits per heavy atom. The van der Waals surface area contributed by atoms with Gasteiger partial charge in [-0.25, -0.2) is 14.6 Å². The first-order valence-corrected chi connectivity index (χ1v) is 12.3. The van der Waals surface area contributed by atoms with E-state index in [1.807, 2.05) is 63.2 Å². The van der Waals surface area contributed by atoms with E-state index < -0.39 is 5.60 Å². The molecule has 2 aromatic rings. The van der Waals surface area contributed by atoms with E-state index in [2.05, 4.69) is 4.98 Å². The van der Waals surface area contributed by atoms with E-state index in [4.69, 9.17) is 9.47 Å². The predicted octanol–water partition coefficient (Wildman–Crippen LogP) is 6.24. The van der Waals surface area contributed by atoms with E-state index >= 15 is 0 Å². The molecule has 1 aliphatic heterocycles. The van der Waals surface area contributed by atoms with E-state index in [0.29, 0.717) is 12.4 Å². The maximum absolute atomic E-state index is 13.3. The van der Waals surface area contributed by atoms with Gasteiger partial charge in [-0.15, -0.1) is 0 Å². The minimum Gasteiger partial charge on any atom is -0.445 e. The molecular formula is C27H35N3O4. The highest BCUT2D eigenvalue weighted by Gasteiger charge is 2.38. The van der Waals surface area contributed by atoms with E-state index in [9.17, 15) is 9.59 Å². The maximum Gasteiger partial charge on any atom is 0.416 e. The second-order valence-corrected chi connectivity index (χ2v) is 10.1. The molecule has 7 nitrogen and oxygen atoms in total. The van der Waals surface area contributed by atoms with Gasteiger partial charge in [0.25, 0.3) is 0 Å². The Labute approximate surface area is 202 Å². The first-order chi connectivity index (χ1) is 16.3. The molecule has 182 valence electrons. The van der Waals surface area contributed by atoms with E-state index in [1.54, 1.807) is 16.0 Å². The lowest BCUT2D eigenvalue weighted by Crippen LogP contribution is -2.48. The Morgan fingerprint density at radius 3 is 2.47 bits per heavy atom. The van der Waals surface area contributed by atoms with Crippen LogP contribution in [0, 0.1) is 0 Å². The molecule has 7 heteroatoms. The number of piperidine rings is 1. The van der Waals surface area contributed by atoms with E-state index in [1.165, 1.54) is 0 Å². The molecule has 2 amide bonds. The highest BCUT2D eigenvalue weighted by molar-refractivity contribution is 5.88. The van der Waals surface area contributed by atoms with Gasteiger partial charge in [0.2, 0.25) is 0 Å². The number of hydrogen-bond donors (Lipinski definition) is 0. The van der Waals surface area contributed by atoms with Crippen LogP contribution in [0.25, 0.3) is 0 Å². The Balaban J connectivity index is 1.59. The first-order valence-electron chi connectivity index (χ1n) is 12.3. The van der Waals surface area contributed by atoms with Crippen LogP contribution in [0.3, 0.4) is 0 Å². The van der Waals surface area contributed by atoms with Gasteiger partial charge < -0.3 is 14.4 Å². The Morgan fingerprint density at radius 1 is 1.03 bits per heavy atom.